The lowest BCUT2D eigenvalue weighted by molar-refractivity contribution is 0.0600. The van der Waals surface area contributed by atoms with Crippen LogP contribution in [-0.4, -0.2) is 17.5 Å². The van der Waals surface area contributed by atoms with Crippen molar-refractivity contribution in [3.63, 3.8) is 0 Å². The van der Waals surface area contributed by atoms with Crippen molar-refractivity contribution in [2.75, 3.05) is 7.11 Å². The van der Waals surface area contributed by atoms with Crippen LogP contribution in [0.2, 0.25) is 5.02 Å². The number of ether oxygens (including phenoxy) is 1. The molecule has 3 nitrogen and oxygen atoms in total. The molecule has 1 aromatic heterocycles. The Balaban J connectivity index is 2.32. The molecule has 0 atom stereocenters. The summed E-state index contributed by atoms with van der Waals surface area (Å²) in [7, 11) is 1.30. The van der Waals surface area contributed by atoms with Crippen LogP contribution in [0.1, 0.15) is 21.6 Å². The summed E-state index contributed by atoms with van der Waals surface area (Å²) < 4.78 is 21.9. The van der Waals surface area contributed by atoms with E-state index in [1.54, 1.807) is 5.38 Å². The number of hydrogen-bond acceptors (Lipinski definition) is 4. The fourth-order valence-corrected chi connectivity index (χ4v) is 2.39. The van der Waals surface area contributed by atoms with Crippen LogP contribution >= 0.6 is 23.1 Å². The maximum absolute atomic E-state index is 13.1. The highest BCUT2D eigenvalue weighted by Crippen LogP contribution is 2.22. The summed E-state index contributed by atoms with van der Waals surface area (Å²) >= 11 is 7.12. The van der Waals surface area contributed by atoms with Gasteiger partial charge in [0.15, 0.2) is 0 Å². The van der Waals surface area contributed by atoms with E-state index in [2.05, 4.69) is 9.11 Å². The Morgan fingerprint density at radius 1 is 1.56 bits per heavy atom. The Labute approximate surface area is 112 Å². The van der Waals surface area contributed by atoms with Gasteiger partial charge in [0.05, 0.1) is 18.4 Å². The topological polar surface area (TPSA) is 39.2 Å². The predicted octanol–water partition coefficient (Wildman–Crippen LogP) is 3.31. The Bertz CT molecular complexity index is 585. The highest BCUT2D eigenvalue weighted by Gasteiger charge is 2.16. The number of aromatic nitrogens is 1. The highest BCUT2D eigenvalue weighted by atomic mass is 35.5. The molecule has 18 heavy (non-hydrogen) atoms. The summed E-state index contributed by atoms with van der Waals surface area (Å²) in [6.07, 6.45) is 0.296. The summed E-state index contributed by atoms with van der Waals surface area (Å²) in [6, 6.07) is 4.10. The van der Waals surface area contributed by atoms with Crippen LogP contribution < -0.4 is 0 Å². The van der Waals surface area contributed by atoms with Crippen molar-refractivity contribution in [2.45, 2.75) is 6.42 Å². The summed E-state index contributed by atoms with van der Waals surface area (Å²) in [4.78, 5) is 11.5. The third-order valence-corrected chi connectivity index (χ3v) is 3.45. The van der Waals surface area contributed by atoms with Crippen molar-refractivity contribution in [1.29, 1.82) is 0 Å². The van der Waals surface area contributed by atoms with Gasteiger partial charge in [-0.3, -0.25) is 0 Å². The molecule has 0 unspecified atom stereocenters. The van der Waals surface area contributed by atoms with Crippen LogP contribution in [0.3, 0.4) is 0 Å². The quantitative estimate of drug-likeness (QED) is 0.812. The zero-order chi connectivity index (χ0) is 13.1. The molecule has 94 valence electrons. The minimum atomic E-state index is -0.453. The normalized spacial score (nSPS) is 10.4. The van der Waals surface area contributed by atoms with E-state index in [1.807, 2.05) is 0 Å². The zero-order valence-corrected chi connectivity index (χ0v) is 11.0. The molecule has 0 N–H and O–H groups in total. The van der Waals surface area contributed by atoms with Crippen molar-refractivity contribution in [3.8, 4) is 0 Å². The van der Waals surface area contributed by atoms with Gasteiger partial charge in [0.2, 0.25) is 0 Å². The van der Waals surface area contributed by atoms with E-state index in [0.717, 1.165) is 11.5 Å². The van der Waals surface area contributed by atoms with Crippen molar-refractivity contribution in [1.82, 2.24) is 4.37 Å². The van der Waals surface area contributed by atoms with Gasteiger partial charge in [0.25, 0.3) is 0 Å². The number of esters is 1. The van der Waals surface area contributed by atoms with E-state index in [4.69, 9.17) is 11.6 Å². The Hall–Kier alpha value is -1.46. The van der Waals surface area contributed by atoms with Crippen molar-refractivity contribution in [3.05, 3.63) is 51.2 Å². The first-order valence-corrected chi connectivity index (χ1v) is 6.28. The molecule has 1 heterocycles. The third kappa shape index (κ3) is 2.68. The summed E-state index contributed by atoms with van der Waals surface area (Å²) in [5, 5.41) is 2.05. The number of hydrogen-bond donors (Lipinski definition) is 0. The second-order valence-corrected chi connectivity index (χ2v) is 4.62. The molecule has 1 aromatic carbocycles. The standard InChI is InChI=1S/C12H9ClFNO2S/c1-17-12(16)9-6-18-15-11(9)5-7-4-8(14)2-3-10(7)13/h2-4,6H,5H2,1H3. The van der Waals surface area contributed by atoms with Crippen molar-refractivity contribution >= 4 is 29.1 Å². The maximum Gasteiger partial charge on any atom is 0.340 e. The van der Waals surface area contributed by atoms with Gasteiger partial charge in [-0.2, -0.15) is 4.37 Å². The predicted molar refractivity (Wildman–Crippen MR) is 67.7 cm³/mol. The molecule has 0 spiro atoms. The monoisotopic (exact) mass is 285 g/mol. The second kappa shape index (κ2) is 5.46. The van der Waals surface area contributed by atoms with Crippen LogP contribution in [0, 0.1) is 5.82 Å². The molecule has 0 amide bonds. The molecule has 0 saturated carbocycles. The summed E-state index contributed by atoms with van der Waals surface area (Å²) in [6.45, 7) is 0. The maximum atomic E-state index is 13.1. The van der Waals surface area contributed by atoms with Crippen molar-refractivity contribution in [2.24, 2.45) is 0 Å². The molecule has 0 fully saturated rings. The molecule has 2 aromatic rings. The number of rotatable bonds is 3. The summed E-state index contributed by atoms with van der Waals surface area (Å²) in [5.41, 5.74) is 1.52. The lowest BCUT2D eigenvalue weighted by Gasteiger charge is -2.04. The van der Waals surface area contributed by atoms with Gasteiger partial charge >= 0.3 is 5.97 Å². The van der Waals surface area contributed by atoms with Gasteiger partial charge in [-0.15, -0.1) is 0 Å². The third-order valence-electron chi connectivity index (χ3n) is 2.42. The number of carbonyl (C=O) groups excluding carboxylic acids is 1. The van der Waals surface area contributed by atoms with Crippen LogP contribution in [0.25, 0.3) is 0 Å². The Morgan fingerprint density at radius 3 is 3.06 bits per heavy atom. The van der Waals surface area contributed by atoms with E-state index in [9.17, 15) is 9.18 Å². The smallest absolute Gasteiger partial charge is 0.340 e. The zero-order valence-electron chi connectivity index (χ0n) is 9.44. The number of methoxy groups -OCH3 is 1. The fraction of sp³-hybridized carbons (Fsp3) is 0.167. The van der Waals surface area contributed by atoms with Crippen LogP contribution in [0.5, 0.6) is 0 Å². The van der Waals surface area contributed by atoms with E-state index < -0.39 is 5.97 Å². The first kappa shape index (κ1) is 13.0. The fourth-order valence-electron chi connectivity index (χ4n) is 1.52. The SMILES string of the molecule is COC(=O)c1csnc1Cc1cc(F)ccc1Cl. The van der Waals surface area contributed by atoms with Crippen molar-refractivity contribution < 1.29 is 13.9 Å². The molecule has 0 aliphatic heterocycles. The van der Waals surface area contributed by atoms with E-state index in [0.29, 0.717) is 28.3 Å². The van der Waals surface area contributed by atoms with Gasteiger partial charge in [-0.05, 0) is 35.3 Å². The molecule has 0 aliphatic rings. The van der Waals surface area contributed by atoms with Crippen LogP contribution in [0.15, 0.2) is 23.6 Å². The first-order chi connectivity index (χ1) is 8.61. The molecule has 6 heteroatoms. The molecule has 0 saturated heterocycles. The second-order valence-electron chi connectivity index (χ2n) is 3.58. The molecular weight excluding hydrogens is 277 g/mol. The van der Waals surface area contributed by atoms with Gasteiger partial charge in [0, 0.05) is 16.8 Å². The lowest BCUT2D eigenvalue weighted by atomic mass is 10.1. The highest BCUT2D eigenvalue weighted by molar-refractivity contribution is 7.03. The lowest BCUT2D eigenvalue weighted by Crippen LogP contribution is -2.04. The first-order valence-electron chi connectivity index (χ1n) is 5.07. The van der Waals surface area contributed by atoms with E-state index in [-0.39, 0.29) is 5.82 Å². The number of benzene rings is 1. The molecule has 0 radical (unpaired) electrons. The molecule has 0 bridgehead atoms. The Morgan fingerprint density at radius 2 is 2.33 bits per heavy atom. The average Bonchev–Trinajstić information content (AvgIpc) is 2.81. The average molecular weight is 286 g/mol. The van der Waals surface area contributed by atoms with E-state index >= 15 is 0 Å². The van der Waals surface area contributed by atoms with Gasteiger partial charge in [0.1, 0.15) is 5.82 Å². The molecule has 0 aliphatic carbocycles. The number of nitrogens with zero attached hydrogens (tertiary/aromatic N) is 1. The summed E-state index contributed by atoms with van der Waals surface area (Å²) in [5.74, 6) is -0.824. The minimum absolute atomic E-state index is 0.296. The largest absolute Gasteiger partial charge is 0.465 e. The van der Waals surface area contributed by atoms with Gasteiger partial charge in [-0.1, -0.05) is 11.6 Å². The van der Waals surface area contributed by atoms with Gasteiger partial charge < -0.3 is 4.74 Å². The minimum Gasteiger partial charge on any atom is -0.465 e. The Kier molecular flexibility index (Phi) is 3.93. The number of carbonyl (C=O) groups is 1. The number of halogens is 2. The molecular formula is C12H9ClFNO2S. The molecule has 2 rings (SSSR count). The van der Waals surface area contributed by atoms with Crippen LogP contribution in [0.4, 0.5) is 4.39 Å². The van der Waals surface area contributed by atoms with Gasteiger partial charge in [-0.25, -0.2) is 9.18 Å². The van der Waals surface area contributed by atoms with Crippen LogP contribution in [-0.2, 0) is 11.2 Å². The van der Waals surface area contributed by atoms with E-state index in [1.165, 1.54) is 25.3 Å².